The van der Waals surface area contributed by atoms with Crippen LogP contribution in [0.25, 0.3) is 44.8 Å². The molecule has 6 aliphatic rings. The predicted molar refractivity (Wildman–Crippen MR) is 275 cm³/mol. The van der Waals surface area contributed by atoms with E-state index in [1.54, 1.807) is 0 Å². The van der Waals surface area contributed by atoms with Crippen molar-refractivity contribution in [3.05, 3.63) is 95.3 Å². The minimum Gasteiger partial charge on any atom is -0.453 e. The van der Waals surface area contributed by atoms with Crippen LogP contribution >= 0.6 is 0 Å². The van der Waals surface area contributed by atoms with Gasteiger partial charge in [0.25, 0.3) is 0 Å². The van der Waals surface area contributed by atoms with E-state index in [0.29, 0.717) is 13.1 Å². The van der Waals surface area contributed by atoms with Crippen molar-refractivity contribution in [2.75, 3.05) is 27.3 Å². The lowest BCUT2D eigenvalue weighted by Crippen LogP contribution is -2.51. The summed E-state index contributed by atoms with van der Waals surface area (Å²) >= 11 is 0. The van der Waals surface area contributed by atoms with Crippen LogP contribution in [-0.4, -0.2) is 93.1 Å². The van der Waals surface area contributed by atoms with E-state index in [0.717, 1.165) is 84.8 Å². The Bertz CT molecular complexity index is 2900. The highest BCUT2D eigenvalue weighted by Gasteiger charge is 2.56. The Balaban J connectivity index is 0.840. The first kappa shape index (κ1) is 47.9. The summed E-state index contributed by atoms with van der Waals surface area (Å²) in [6.45, 7) is 11.2. The van der Waals surface area contributed by atoms with Crippen LogP contribution in [0.4, 0.5) is 9.59 Å². The molecular formula is C58H70N8O6. The Hall–Kier alpha value is -6.44. The molecule has 14 heteroatoms. The molecule has 5 fully saturated rings. The average molecular weight is 975 g/mol. The van der Waals surface area contributed by atoms with Gasteiger partial charge in [-0.05, 0) is 138 Å². The number of aromatic nitrogens is 4. The summed E-state index contributed by atoms with van der Waals surface area (Å²) in [5.41, 5.74) is 13.3. The number of rotatable bonds is 12. The number of methoxy groups -OCH3 is 2. The van der Waals surface area contributed by atoms with Gasteiger partial charge in [0.1, 0.15) is 23.7 Å². The molecule has 5 aromatic rings. The fraction of sp³-hybridized carbons (Fsp3) is 0.517. The first-order valence-electron chi connectivity index (χ1n) is 26.4. The van der Waals surface area contributed by atoms with Gasteiger partial charge in [-0.1, -0.05) is 101 Å². The van der Waals surface area contributed by atoms with Gasteiger partial charge in [0.05, 0.1) is 43.9 Å². The van der Waals surface area contributed by atoms with Gasteiger partial charge in [-0.3, -0.25) is 9.59 Å². The Morgan fingerprint density at radius 1 is 0.639 bits per heavy atom. The fourth-order valence-corrected chi connectivity index (χ4v) is 13.2. The lowest BCUT2D eigenvalue weighted by molar-refractivity contribution is -0.136. The van der Waals surface area contributed by atoms with Crippen LogP contribution in [0.3, 0.4) is 0 Å². The summed E-state index contributed by atoms with van der Waals surface area (Å²) in [6.07, 6.45) is 13.9. The van der Waals surface area contributed by atoms with Gasteiger partial charge in [-0.2, -0.15) is 0 Å². The highest BCUT2D eigenvalue weighted by Crippen LogP contribution is 2.60. The third-order valence-electron chi connectivity index (χ3n) is 17.6. The highest BCUT2D eigenvalue weighted by molar-refractivity contribution is 5.88. The molecule has 72 heavy (non-hydrogen) atoms. The number of nitrogens with one attached hydrogen (secondary N) is 4. The second kappa shape index (κ2) is 18.2. The van der Waals surface area contributed by atoms with Crippen LogP contribution in [-0.2, 0) is 30.9 Å². The third kappa shape index (κ3) is 8.55. The molecule has 4 N–H and O–H groups in total. The number of aryl methyl sites for hydroxylation is 1. The van der Waals surface area contributed by atoms with E-state index in [2.05, 4.69) is 88.2 Å². The fourth-order valence-electron chi connectivity index (χ4n) is 13.2. The van der Waals surface area contributed by atoms with E-state index < -0.39 is 24.3 Å². The second-order valence-electron chi connectivity index (χ2n) is 23.0. The van der Waals surface area contributed by atoms with Gasteiger partial charge in [-0.25, -0.2) is 19.6 Å². The monoisotopic (exact) mass is 975 g/mol. The van der Waals surface area contributed by atoms with Gasteiger partial charge >= 0.3 is 12.2 Å². The van der Waals surface area contributed by atoms with E-state index in [4.69, 9.17) is 19.4 Å². The van der Waals surface area contributed by atoms with Crippen LogP contribution in [0.1, 0.15) is 139 Å². The number of H-pyrrole nitrogens is 2. The number of amides is 4. The van der Waals surface area contributed by atoms with E-state index in [1.165, 1.54) is 79.7 Å². The van der Waals surface area contributed by atoms with Crippen LogP contribution in [0.2, 0.25) is 0 Å². The van der Waals surface area contributed by atoms with Gasteiger partial charge in [-0.15, -0.1) is 0 Å². The number of likely N-dealkylation sites (tertiary alicyclic amines) is 2. The maximum atomic E-state index is 14.1. The molecule has 378 valence electrons. The van der Waals surface area contributed by atoms with Crippen molar-refractivity contribution in [3.63, 3.8) is 0 Å². The average Bonchev–Trinajstić information content (AvgIpc) is 3.78. The summed E-state index contributed by atoms with van der Waals surface area (Å²) in [5.74, 6) is 1.18. The molecule has 4 aliphatic carbocycles. The van der Waals surface area contributed by atoms with E-state index in [9.17, 15) is 19.2 Å². The molecule has 0 bridgehead atoms. The van der Waals surface area contributed by atoms with Crippen molar-refractivity contribution < 1.29 is 28.7 Å². The molecule has 4 heterocycles. The molecule has 2 aliphatic heterocycles. The van der Waals surface area contributed by atoms with Crippen LogP contribution < -0.4 is 10.6 Å². The highest BCUT2D eigenvalue weighted by atomic mass is 16.5. The standard InChI is InChI=1S/C58H70N8O6/c1-33(2)47(63-54(69)71-6)52(67)65-31-56(24-25-56)28-44(65)50-59-30-43(61-50)38-14-10-36(11-15-38)40-18-19-41(46-42(40)20-23-58(46)21-8-9-22-58)37-12-16-39(17-13-37)49-35(5)60-51(62-49)45-29-57(26-27-57)32-66(45)53(68)48(34(3)4)64-55(70)72-7/h10-19,30,33-34,44-45,47-48H,8-9,20-29,31-32H2,1-7H3,(H,59,61)(H,60,62)(H,63,69)(H,64,70). The largest absolute Gasteiger partial charge is 0.453 e. The number of nitrogens with zero attached hydrogens (tertiary/aromatic N) is 4. The Labute approximate surface area is 422 Å². The summed E-state index contributed by atoms with van der Waals surface area (Å²) in [5, 5.41) is 5.57. The normalized spacial score (nSPS) is 21.7. The number of fused-ring (bicyclic) bond motifs is 2. The lowest BCUT2D eigenvalue weighted by atomic mass is 9.76. The number of alkyl carbamates (subject to hydrolysis) is 2. The van der Waals surface area contributed by atoms with E-state index in [-0.39, 0.29) is 52.0 Å². The number of hydrogen-bond donors (Lipinski definition) is 4. The SMILES string of the molecule is COC(=O)NC(C(=O)N1CC2(CC2)CC1c1ncc(-c2ccc(-c3ccc(-c4ccc(-c5nc(C6CC7(CC7)CN6C(=O)C(NC(=O)OC)C(C)C)[nH]c5C)cc4)c4c3CCC43CCCC3)cc2)[nH]1)C(C)C. The van der Waals surface area contributed by atoms with Crippen LogP contribution in [0, 0.1) is 29.6 Å². The zero-order valence-electron chi connectivity index (χ0n) is 43.0. The molecule has 11 rings (SSSR count). The van der Waals surface area contributed by atoms with Crippen molar-refractivity contribution in [1.29, 1.82) is 0 Å². The quantitative estimate of drug-likeness (QED) is 0.0955. The molecule has 3 saturated carbocycles. The topological polar surface area (TPSA) is 175 Å². The smallest absolute Gasteiger partial charge is 0.407 e. The van der Waals surface area contributed by atoms with Gasteiger partial charge in [0, 0.05) is 24.3 Å². The molecule has 14 nitrogen and oxygen atoms in total. The number of ether oxygens (including phenoxy) is 2. The maximum absolute atomic E-state index is 14.1. The maximum Gasteiger partial charge on any atom is 0.407 e. The van der Waals surface area contributed by atoms with Crippen molar-refractivity contribution in [2.24, 2.45) is 22.7 Å². The second-order valence-corrected chi connectivity index (χ2v) is 23.0. The Kier molecular flexibility index (Phi) is 12.1. The van der Waals surface area contributed by atoms with Crippen molar-refractivity contribution >= 4 is 24.0 Å². The van der Waals surface area contributed by atoms with E-state index >= 15 is 0 Å². The molecule has 4 atom stereocenters. The summed E-state index contributed by atoms with van der Waals surface area (Å²) in [4.78, 5) is 73.9. The Morgan fingerprint density at radius 2 is 1.14 bits per heavy atom. The summed E-state index contributed by atoms with van der Waals surface area (Å²) < 4.78 is 9.75. The first-order chi connectivity index (χ1) is 34.6. The summed E-state index contributed by atoms with van der Waals surface area (Å²) in [6, 6.07) is 20.7. The van der Waals surface area contributed by atoms with Crippen LogP contribution in [0.15, 0.2) is 66.9 Å². The van der Waals surface area contributed by atoms with Gasteiger partial charge in [0.15, 0.2) is 0 Å². The van der Waals surface area contributed by atoms with Crippen LogP contribution in [0.5, 0.6) is 0 Å². The molecule has 4 unspecified atom stereocenters. The first-order valence-corrected chi connectivity index (χ1v) is 26.4. The molecule has 2 aromatic heterocycles. The van der Waals surface area contributed by atoms with Gasteiger partial charge < -0.3 is 39.9 Å². The Morgan fingerprint density at radius 3 is 1.67 bits per heavy atom. The lowest BCUT2D eigenvalue weighted by Gasteiger charge is -2.30. The predicted octanol–water partition coefficient (Wildman–Crippen LogP) is 10.7. The van der Waals surface area contributed by atoms with Crippen molar-refractivity contribution in [2.45, 2.75) is 141 Å². The molecule has 2 saturated heterocycles. The number of aromatic amines is 2. The number of carbonyl (C=O) groups excluding carboxylic acids is 4. The molecule has 3 aromatic carbocycles. The van der Waals surface area contributed by atoms with E-state index in [1.807, 2.05) is 43.7 Å². The molecular weight excluding hydrogens is 905 g/mol. The minimum atomic E-state index is -0.687. The van der Waals surface area contributed by atoms with Gasteiger partial charge in [0.2, 0.25) is 11.8 Å². The van der Waals surface area contributed by atoms with Crippen molar-refractivity contribution in [3.8, 4) is 44.8 Å². The molecule has 4 amide bonds. The number of benzene rings is 3. The molecule has 3 spiro atoms. The number of imidazole rings is 2. The summed E-state index contributed by atoms with van der Waals surface area (Å²) in [7, 11) is 2.64. The molecule has 0 radical (unpaired) electrons. The number of carbonyl (C=O) groups is 4. The zero-order valence-corrected chi connectivity index (χ0v) is 43.0. The third-order valence-corrected chi connectivity index (χ3v) is 17.6. The number of hydrogen-bond acceptors (Lipinski definition) is 8. The minimum absolute atomic E-state index is 0.0916. The van der Waals surface area contributed by atoms with Crippen molar-refractivity contribution in [1.82, 2.24) is 40.4 Å². The zero-order chi connectivity index (χ0) is 50.3.